The number of oxime groups is 1. The van der Waals surface area contributed by atoms with Gasteiger partial charge in [0.1, 0.15) is 0 Å². The third-order valence-electron chi connectivity index (χ3n) is 4.60. The minimum absolute atomic E-state index is 0.171. The van der Waals surface area contributed by atoms with E-state index in [1.54, 1.807) is 30.3 Å². The van der Waals surface area contributed by atoms with E-state index in [0.717, 1.165) is 5.56 Å². The van der Waals surface area contributed by atoms with Gasteiger partial charge in [0.05, 0.1) is 27.0 Å². The van der Waals surface area contributed by atoms with E-state index < -0.39 is 6.10 Å². The SMILES string of the molecule is COc1cc(C2=NO[C@H](C(=O)Nc3ccc4c(c3)OCO4)C2)cc(OC)c1OC. The molecule has 1 atom stereocenters. The van der Waals surface area contributed by atoms with Gasteiger partial charge < -0.3 is 33.8 Å². The number of hydrogen-bond acceptors (Lipinski definition) is 8. The number of fused-ring (bicyclic) bond motifs is 1. The molecular weight excluding hydrogens is 380 g/mol. The molecule has 2 aliphatic rings. The van der Waals surface area contributed by atoms with Crippen LogP contribution in [0.25, 0.3) is 0 Å². The van der Waals surface area contributed by atoms with Gasteiger partial charge in [-0.15, -0.1) is 0 Å². The maximum absolute atomic E-state index is 12.6. The van der Waals surface area contributed by atoms with E-state index in [1.807, 2.05) is 0 Å². The number of rotatable bonds is 6. The zero-order valence-corrected chi connectivity index (χ0v) is 16.2. The van der Waals surface area contributed by atoms with Gasteiger partial charge in [0.15, 0.2) is 23.0 Å². The molecule has 4 rings (SSSR count). The fourth-order valence-corrected chi connectivity index (χ4v) is 3.13. The van der Waals surface area contributed by atoms with Crippen LogP contribution in [0.4, 0.5) is 5.69 Å². The van der Waals surface area contributed by atoms with E-state index in [1.165, 1.54) is 21.3 Å². The molecule has 29 heavy (non-hydrogen) atoms. The molecule has 2 aromatic rings. The van der Waals surface area contributed by atoms with Crippen LogP contribution in [0.2, 0.25) is 0 Å². The van der Waals surface area contributed by atoms with E-state index in [0.29, 0.717) is 46.6 Å². The molecule has 2 aromatic carbocycles. The number of nitrogens with one attached hydrogen (secondary N) is 1. The Kier molecular flexibility index (Phi) is 5.03. The summed E-state index contributed by atoms with van der Waals surface area (Å²) in [4.78, 5) is 17.9. The summed E-state index contributed by atoms with van der Waals surface area (Å²) in [5, 5.41) is 6.88. The molecule has 152 valence electrons. The van der Waals surface area contributed by atoms with Crippen LogP contribution in [-0.4, -0.2) is 45.8 Å². The Hall–Kier alpha value is -3.62. The van der Waals surface area contributed by atoms with Crippen LogP contribution in [0, 0.1) is 0 Å². The molecule has 0 spiro atoms. The van der Waals surface area contributed by atoms with E-state index >= 15 is 0 Å². The summed E-state index contributed by atoms with van der Waals surface area (Å²) < 4.78 is 26.7. The van der Waals surface area contributed by atoms with Gasteiger partial charge in [-0.3, -0.25) is 4.79 Å². The third kappa shape index (κ3) is 3.58. The van der Waals surface area contributed by atoms with Crippen LogP contribution in [0.5, 0.6) is 28.7 Å². The molecule has 0 bridgehead atoms. The van der Waals surface area contributed by atoms with E-state index in [4.69, 9.17) is 28.5 Å². The molecule has 0 unspecified atom stereocenters. The number of carbonyl (C=O) groups is 1. The molecule has 0 saturated carbocycles. The second kappa shape index (κ2) is 7.78. The molecule has 0 aliphatic carbocycles. The molecule has 1 amide bonds. The fourth-order valence-electron chi connectivity index (χ4n) is 3.13. The van der Waals surface area contributed by atoms with Gasteiger partial charge in [-0.2, -0.15) is 0 Å². The molecule has 0 saturated heterocycles. The summed E-state index contributed by atoms with van der Waals surface area (Å²) in [6, 6.07) is 8.71. The Morgan fingerprint density at radius 3 is 2.45 bits per heavy atom. The Labute approximate surface area is 167 Å². The molecule has 2 aliphatic heterocycles. The van der Waals surface area contributed by atoms with Crippen molar-refractivity contribution in [3.8, 4) is 28.7 Å². The zero-order chi connectivity index (χ0) is 20.4. The first-order valence-electron chi connectivity index (χ1n) is 8.86. The van der Waals surface area contributed by atoms with Gasteiger partial charge in [0.25, 0.3) is 5.91 Å². The number of amides is 1. The van der Waals surface area contributed by atoms with Crippen molar-refractivity contribution < 1.29 is 33.3 Å². The van der Waals surface area contributed by atoms with Crippen molar-refractivity contribution in [3.63, 3.8) is 0 Å². The first-order chi connectivity index (χ1) is 14.1. The van der Waals surface area contributed by atoms with Gasteiger partial charge in [0, 0.05) is 23.7 Å². The number of benzene rings is 2. The molecule has 0 aromatic heterocycles. The Morgan fingerprint density at radius 2 is 1.76 bits per heavy atom. The summed E-state index contributed by atoms with van der Waals surface area (Å²) in [6.45, 7) is 0.171. The lowest BCUT2D eigenvalue weighted by Crippen LogP contribution is -2.28. The van der Waals surface area contributed by atoms with Gasteiger partial charge >= 0.3 is 0 Å². The molecule has 9 nitrogen and oxygen atoms in total. The minimum atomic E-state index is -0.755. The fraction of sp³-hybridized carbons (Fsp3) is 0.300. The maximum atomic E-state index is 12.6. The largest absolute Gasteiger partial charge is 0.493 e. The van der Waals surface area contributed by atoms with Crippen LogP contribution < -0.4 is 29.0 Å². The molecule has 0 fully saturated rings. The van der Waals surface area contributed by atoms with Crippen molar-refractivity contribution >= 4 is 17.3 Å². The molecule has 2 heterocycles. The third-order valence-corrected chi connectivity index (χ3v) is 4.60. The number of carbonyl (C=O) groups excluding carboxylic acids is 1. The van der Waals surface area contributed by atoms with Crippen molar-refractivity contribution in [1.29, 1.82) is 0 Å². The average Bonchev–Trinajstić information content (AvgIpc) is 3.41. The lowest BCUT2D eigenvalue weighted by Gasteiger charge is -2.14. The first-order valence-corrected chi connectivity index (χ1v) is 8.86. The highest BCUT2D eigenvalue weighted by Gasteiger charge is 2.30. The Morgan fingerprint density at radius 1 is 1.03 bits per heavy atom. The van der Waals surface area contributed by atoms with Crippen LogP contribution in [-0.2, 0) is 9.63 Å². The summed E-state index contributed by atoms with van der Waals surface area (Å²) in [6.07, 6.45) is -0.454. The highest BCUT2D eigenvalue weighted by atomic mass is 16.7. The van der Waals surface area contributed by atoms with Gasteiger partial charge in [-0.25, -0.2) is 0 Å². The highest BCUT2D eigenvalue weighted by Crippen LogP contribution is 2.39. The van der Waals surface area contributed by atoms with Gasteiger partial charge in [-0.05, 0) is 24.3 Å². The zero-order valence-electron chi connectivity index (χ0n) is 16.2. The number of ether oxygens (including phenoxy) is 5. The Balaban J connectivity index is 1.46. The lowest BCUT2D eigenvalue weighted by molar-refractivity contribution is -0.125. The van der Waals surface area contributed by atoms with Crippen molar-refractivity contribution in [2.75, 3.05) is 33.4 Å². The predicted octanol–water partition coefficient (Wildman–Crippen LogP) is 2.57. The number of nitrogens with zero attached hydrogens (tertiary/aromatic N) is 1. The van der Waals surface area contributed by atoms with Gasteiger partial charge in [-0.1, -0.05) is 5.16 Å². The second-order valence-corrected chi connectivity index (χ2v) is 6.31. The first kappa shape index (κ1) is 18.7. The summed E-state index contributed by atoms with van der Waals surface area (Å²) in [5.74, 6) is 2.40. The molecule has 9 heteroatoms. The van der Waals surface area contributed by atoms with Crippen molar-refractivity contribution in [2.45, 2.75) is 12.5 Å². The van der Waals surface area contributed by atoms with Crippen LogP contribution >= 0.6 is 0 Å². The van der Waals surface area contributed by atoms with Crippen LogP contribution in [0.3, 0.4) is 0 Å². The average molecular weight is 400 g/mol. The maximum Gasteiger partial charge on any atom is 0.268 e. The molecular formula is C20H20N2O7. The summed E-state index contributed by atoms with van der Waals surface area (Å²) in [7, 11) is 4.61. The van der Waals surface area contributed by atoms with Crippen molar-refractivity contribution in [3.05, 3.63) is 35.9 Å². The summed E-state index contributed by atoms with van der Waals surface area (Å²) in [5.41, 5.74) is 1.91. The summed E-state index contributed by atoms with van der Waals surface area (Å²) >= 11 is 0. The number of anilines is 1. The topological polar surface area (TPSA) is 96.8 Å². The molecule has 0 radical (unpaired) electrons. The lowest BCUT2D eigenvalue weighted by atomic mass is 10.0. The monoisotopic (exact) mass is 400 g/mol. The van der Waals surface area contributed by atoms with E-state index in [9.17, 15) is 4.79 Å². The second-order valence-electron chi connectivity index (χ2n) is 6.31. The molecule has 1 N–H and O–H groups in total. The van der Waals surface area contributed by atoms with Gasteiger partial charge in [0.2, 0.25) is 18.6 Å². The number of methoxy groups -OCH3 is 3. The highest BCUT2D eigenvalue weighted by molar-refractivity contribution is 6.06. The van der Waals surface area contributed by atoms with Crippen molar-refractivity contribution in [2.24, 2.45) is 5.16 Å². The minimum Gasteiger partial charge on any atom is -0.493 e. The quantitative estimate of drug-likeness (QED) is 0.796. The Bertz CT molecular complexity index is 948. The predicted molar refractivity (Wildman–Crippen MR) is 103 cm³/mol. The normalized spacial score (nSPS) is 16.7. The standard InChI is InChI=1S/C20H20N2O7/c1-24-16-6-11(7-17(25-2)19(16)26-3)13-9-18(29-22-13)20(23)21-12-4-5-14-15(8-12)28-10-27-14/h4-8,18H,9-10H2,1-3H3,(H,21,23)/t18-/m0/s1. The smallest absolute Gasteiger partial charge is 0.268 e. The van der Waals surface area contributed by atoms with Crippen molar-refractivity contribution in [1.82, 2.24) is 0 Å². The van der Waals surface area contributed by atoms with Crippen LogP contribution in [0.15, 0.2) is 35.5 Å². The number of hydrogen-bond donors (Lipinski definition) is 1. The van der Waals surface area contributed by atoms with Crippen LogP contribution in [0.1, 0.15) is 12.0 Å². The van der Waals surface area contributed by atoms with E-state index in [2.05, 4.69) is 10.5 Å². The van der Waals surface area contributed by atoms with E-state index in [-0.39, 0.29) is 12.7 Å².